The van der Waals surface area contributed by atoms with Gasteiger partial charge in [-0.1, -0.05) is 6.07 Å². The summed E-state index contributed by atoms with van der Waals surface area (Å²) >= 11 is 0. The molecule has 1 saturated carbocycles. The SMILES string of the molecule is Cc1ccc(OC2CCCCC2=O)cc1C. The predicted octanol–water partition coefficient (Wildman–Crippen LogP) is 3.19. The lowest BCUT2D eigenvalue weighted by molar-refractivity contribution is -0.127. The van der Waals surface area contributed by atoms with Gasteiger partial charge >= 0.3 is 0 Å². The van der Waals surface area contributed by atoms with E-state index in [2.05, 4.69) is 13.8 Å². The number of hydrogen-bond acceptors (Lipinski definition) is 2. The fraction of sp³-hybridized carbons (Fsp3) is 0.500. The van der Waals surface area contributed by atoms with Gasteiger partial charge in [-0.05, 0) is 56.4 Å². The molecule has 0 radical (unpaired) electrons. The van der Waals surface area contributed by atoms with Gasteiger partial charge < -0.3 is 4.74 Å². The molecule has 1 fully saturated rings. The van der Waals surface area contributed by atoms with Gasteiger partial charge in [-0.3, -0.25) is 4.79 Å². The second-order valence-corrected chi connectivity index (χ2v) is 4.56. The van der Waals surface area contributed by atoms with Crippen molar-refractivity contribution >= 4 is 5.78 Å². The summed E-state index contributed by atoms with van der Waals surface area (Å²) in [5.41, 5.74) is 2.46. The summed E-state index contributed by atoms with van der Waals surface area (Å²) in [6.45, 7) is 4.13. The number of ether oxygens (including phenoxy) is 1. The van der Waals surface area contributed by atoms with E-state index in [-0.39, 0.29) is 11.9 Å². The summed E-state index contributed by atoms with van der Waals surface area (Å²) in [6.07, 6.45) is 3.45. The van der Waals surface area contributed by atoms with Crippen LogP contribution in [0.1, 0.15) is 36.8 Å². The first-order valence-corrected chi connectivity index (χ1v) is 5.93. The molecule has 0 saturated heterocycles. The Labute approximate surface area is 96.6 Å². The van der Waals surface area contributed by atoms with Crippen molar-refractivity contribution in [2.24, 2.45) is 0 Å². The third kappa shape index (κ3) is 2.43. The molecule has 0 aromatic heterocycles. The highest BCUT2D eigenvalue weighted by Crippen LogP contribution is 2.22. The monoisotopic (exact) mass is 218 g/mol. The van der Waals surface area contributed by atoms with Gasteiger partial charge in [0.25, 0.3) is 0 Å². The minimum atomic E-state index is -0.212. The number of carbonyl (C=O) groups is 1. The Morgan fingerprint density at radius 2 is 2.00 bits per heavy atom. The second-order valence-electron chi connectivity index (χ2n) is 4.56. The van der Waals surface area contributed by atoms with Crippen molar-refractivity contribution in [1.29, 1.82) is 0 Å². The van der Waals surface area contributed by atoms with E-state index in [0.717, 1.165) is 25.0 Å². The maximum absolute atomic E-state index is 11.6. The number of Topliss-reactive ketones (excluding diaryl/α,β-unsaturated/α-hetero) is 1. The maximum atomic E-state index is 11.6. The van der Waals surface area contributed by atoms with Crippen LogP contribution in [0, 0.1) is 13.8 Å². The highest BCUT2D eigenvalue weighted by atomic mass is 16.5. The van der Waals surface area contributed by atoms with Crippen molar-refractivity contribution in [3.63, 3.8) is 0 Å². The molecule has 16 heavy (non-hydrogen) atoms. The Morgan fingerprint density at radius 3 is 2.69 bits per heavy atom. The van der Waals surface area contributed by atoms with Crippen molar-refractivity contribution in [3.8, 4) is 5.75 Å². The molecule has 0 aliphatic heterocycles. The standard InChI is InChI=1S/C14H18O2/c1-10-7-8-12(9-11(10)2)16-14-6-4-3-5-13(14)15/h7-9,14H,3-6H2,1-2H3. The lowest BCUT2D eigenvalue weighted by Crippen LogP contribution is -2.30. The van der Waals surface area contributed by atoms with Gasteiger partial charge in [0.05, 0.1) is 0 Å². The van der Waals surface area contributed by atoms with Crippen LogP contribution >= 0.6 is 0 Å². The number of aryl methyl sites for hydroxylation is 2. The number of hydrogen-bond donors (Lipinski definition) is 0. The molecule has 1 aromatic carbocycles. The van der Waals surface area contributed by atoms with Crippen LogP contribution in [0.5, 0.6) is 5.75 Å². The summed E-state index contributed by atoms with van der Waals surface area (Å²) in [6, 6.07) is 6.00. The van der Waals surface area contributed by atoms with Gasteiger partial charge in [-0.25, -0.2) is 0 Å². The molecule has 0 heterocycles. The van der Waals surface area contributed by atoms with Crippen molar-refractivity contribution in [1.82, 2.24) is 0 Å². The second kappa shape index (κ2) is 4.69. The Morgan fingerprint density at radius 1 is 1.19 bits per heavy atom. The minimum absolute atomic E-state index is 0.212. The molecule has 1 aliphatic rings. The average molecular weight is 218 g/mol. The van der Waals surface area contributed by atoms with E-state index in [9.17, 15) is 4.79 Å². The summed E-state index contributed by atoms with van der Waals surface area (Å²) in [5.74, 6) is 1.08. The van der Waals surface area contributed by atoms with Crippen LogP contribution in [0.3, 0.4) is 0 Å². The van der Waals surface area contributed by atoms with Gasteiger partial charge in [0.15, 0.2) is 11.9 Å². The van der Waals surface area contributed by atoms with Crippen LogP contribution in [0.25, 0.3) is 0 Å². The number of ketones is 1. The molecule has 86 valence electrons. The smallest absolute Gasteiger partial charge is 0.173 e. The van der Waals surface area contributed by atoms with Gasteiger partial charge in [-0.2, -0.15) is 0 Å². The zero-order valence-electron chi connectivity index (χ0n) is 9.95. The van der Waals surface area contributed by atoms with Gasteiger partial charge in [0.2, 0.25) is 0 Å². The molecule has 2 heteroatoms. The van der Waals surface area contributed by atoms with Crippen LogP contribution in [0.2, 0.25) is 0 Å². The number of rotatable bonds is 2. The molecule has 0 N–H and O–H groups in total. The molecule has 0 amide bonds. The first-order chi connectivity index (χ1) is 7.66. The Bertz CT molecular complexity index is 396. The molecular formula is C14H18O2. The zero-order valence-corrected chi connectivity index (χ0v) is 9.95. The molecule has 0 spiro atoms. The zero-order chi connectivity index (χ0) is 11.5. The van der Waals surface area contributed by atoms with E-state index in [1.165, 1.54) is 11.1 Å². The topological polar surface area (TPSA) is 26.3 Å². The lowest BCUT2D eigenvalue weighted by atomic mass is 9.96. The maximum Gasteiger partial charge on any atom is 0.173 e. The van der Waals surface area contributed by atoms with Crippen LogP contribution in [-0.4, -0.2) is 11.9 Å². The first kappa shape index (κ1) is 11.2. The Hall–Kier alpha value is -1.31. The number of benzene rings is 1. The van der Waals surface area contributed by atoms with Crippen molar-refractivity contribution < 1.29 is 9.53 Å². The molecular weight excluding hydrogens is 200 g/mol. The van der Waals surface area contributed by atoms with E-state index in [1.54, 1.807) is 0 Å². The van der Waals surface area contributed by atoms with Crippen LogP contribution in [0.15, 0.2) is 18.2 Å². The summed E-state index contributed by atoms with van der Waals surface area (Å²) in [5, 5.41) is 0. The van der Waals surface area contributed by atoms with E-state index < -0.39 is 0 Å². The lowest BCUT2D eigenvalue weighted by Gasteiger charge is -2.22. The molecule has 1 atom stereocenters. The van der Waals surface area contributed by atoms with Gasteiger partial charge in [0.1, 0.15) is 5.75 Å². The van der Waals surface area contributed by atoms with Crippen LogP contribution in [0.4, 0.5) is 0 Å². The Kier molecular flexibility index (Phi) is 3.28. The molecule has 1 unspecified atom stereocenters. The predicted molar refractivity (Wildman–Crippen MR) is 63.8 cm³/mol. The third-order valence-corrected chi connectivity index (χ3v) is 3.26. The normalized spacial score (nSPS) is 20.9. The van der Waals surface area contributed by atoms with Crippen LogP contribution in [-0.2, 0) is 4.79 Å². The minimum Gasteiger partial charge on any atom is -0.483 e. The fourth-order valence-corrected chi connectivity index (χ4v) is 2.03. The van der Waals surface area contributed by atoms with Crippen molar-refractivity contribution in [2.75, 3.05) is 0 Å². The summed E-state index contributed by atoms with van der Waals surface area (Å²) in [4.78, 5) is 11.6. The largest absolute Gasteiger partial charge is 0.483 e. The molecule has 1 aliphatic carbocycles. The van der Waals surface area contributed by atoms with Crippen LogP contribution < -0.4 is 4.74 Å². The molecule has 0 bridgehead atoms. The Balaban J connectivity index is 2.08. The van der Waals surface area contributed by atoms with Crippen molar-refractivity contribution in [2.45, 2.75) is 45.6 Å². The average Bonchev–Trinajstić information content (AvgIpc) is 2.27. The highest BCUT2D eigenvalue weighted by Gasteiger charge is 2.23. The van der Waals surface area contributed by atoms with E-state index in [0.29, 0.717) is 6.42 Å². The van der Waals surface area contributed by atoms with E-state index in [4.69, 9.17) is 4.74 Å². The number of carbonyl (C=O) groups excluding carboxylic acids is 1. The quantitative estimate of drug-likeness (QED) is 0.762. The molecule has 2 nitrogen and oxygen atoms in total. The summed E-state index contributed by atoms with van der Waals surface area (Å²) in [7, 11) is 0. The van der Waals surface area contributed by atoms with E-state index >= 15 is 0 Å². The molecule has 2 rings (SSSR count). The van der Waals surface area contributed by atoms with Crippen molar-refractivity contribution in [3.05, 3.63) is 29.3 Å². The first-order valence-electron chi connectivity index (χ1n) is 5.93. The summed E-state index contributed by atoms with van der Waals surface area (Å²) < 4.78 is 5.75. The fourth-order valence-electron chi connectivity index (χ4n) is 2.03. The van der Waals surface area contributed by atoms with Gasteiger partial charge in [0, 0.05) is 6.42 Å². The van der Waals surface area contributed by atoms with E-state index in [1.807, 2.05) is 18.2 Å². The molecule has 1 aromatic rings. The third-order valence-electron chi connectivity index (χ3n) is 3.26. The van der Waals surface area contributed by atoms with Gasteiger partial charge in [-0.15, -0.1) is 0 Å². The highest BCUT2D eigenvalue weighted by molar-refractivity contribution is 5.84.